The molecule has 0 fully saturated rings. The molecule has 0 saturated heterocycles. The monoisotopic (exact) mass is 500 g/mol. The van der Waals surface area contributed by atoms with Gasteiger partial charge in [-0.25, -0.2) is 4.98 Å². The minimum atomic E-state index is -4.49. The number of carbonyl (C=O) groups excluding carboxylic acids is 2. The molecule has 3 aromatic carbocycles. The van der Waals surface area contributed by atoms with Crippen LogP contribution in [0.4, 0.5) is 24.5 Å². The summed E-state index contributed by atoms with van der Waals surface area (Å²) in [6.07, 6.45) is -4.49. The van der Waals surface area contributed by atoms with Crippen LogP contribution >= 0.6 is 11.8 Å². The first kappa shape index (κ1) is 24.1. The van der Waals surface area contributed by atoms with Crippen molar-refractivity contribution in [2.24, 2.45) is 0 Å². The maximum atomic E-state index is 12.7. The molecule has 0 aliphatic carbocycles. The van der Waals surface area contributed by atoms with Gasteiger partial charge in [-0.1, -0.05) is 23.9 Å². The number of methoxy groups -OCH3 is 1. The van der Waals surface area contributed by atoms with E-state index in [9.17, 15) is 22.8 Å². The number of fused-ring (bicyclic) bond motifs is 1. The number of imidazole rings is 1. The van der Waals surface area contributed by atoms with Crippen molar-refractivity contribution in [3.8, 4) is 5.75 Å². The molecule has 180 valence electrons. The van der Waals surface area contributed by atoms with Crippen LogP contribution in [0.25, 0.3) is 11.0 Å². The summed E-state index contributed by atoms with van der Waals surface area (Å²) in [4.78, 5) is 32.6. The van der Waals surface area contributed by atoms with E-state index in [2.05, 4.69) is 20.6 Å². The molecule has 4 rings (SSSR count). The molecule has 0 radical (unpaired) electrons. The van der Waals surface area contributed by atoms with Gasteiger partial charge in [-0.3, -0.25) is 9.59 Å². The number of hydrogen-bond donors (Lipinski definition) is 3. The van der Waals surface area contributed by atoms with Gasteiger partial charge >= 0.3 is 6.18 Å². The Morgan fingerprint density at radius 2 is 1.69 bits per heavy atom. The van der Waals surface area contributed by atoms with E-state index in [1.54, 1.807) is 37.4 Å². The molecule has 0 bridgehead atoms. The second-order valence-electron chi connectivity index (χ2n) is 7.34. The summed E-state index contributed by atoms with van der Waals surface area (Å²) in [5.74, 6) is -0.194. The summed E-state index contributed by atoms with van der Waals surface area (Å²) in [6, 6.07) is 15.8. The van der Waals surface area contributed by atoms with Crippen LogP contribution in [-0.4, -0.2) is 34.6 Å². The van der Waals surface area contributed by atoms with Crippen LogP contribution < -0.4 is 15.4 Å². The van der Waals surface area contributed by atoms with E-state index < -0.39 is 17.6 Å². The lowest BCUT2D eigenvalue weighted by Crippen LogP contribution is -2.18. The van der Waals surface area contributed by atoms with E-state index in [-0.39, 0.29) is 17.2 Å². The number of thioether (sulfide) groups is 1. The number of rotatable bonds is 7. The third-order valence-corrected chi connectivity index (χ3v) is 5.80. The highest BCUT2D eigenvalue weighted by atomic mass is 32.2. The lowest BCUT2D eigenvalue weighted by atomic mass is 10.1. The number of para-hydroxylation sites is 2. The smallest absolute Gasteiger partial charge is 0.416 e. The maximum absolute atomic E-state index is 12.7. The number of aromatic amines is 1. The molecule has 0 aliphatic heterocycles. The Hall–Kier alpha value is -3.99. The zero-order valence-corrected chi connectivity index (χ0v) is 19.1. The number of nitrogens with zero attached hydrogens (tertiary/aromatic N) is 1. The van der Waals surface area contributed by atoms with Crippen molar-refractivity contribution in [2.45, 2.75) is 11.3 Å². The van der Waals surface area contributed by atoms with Crippen LogP contribution in [0.1, 0.15) is 15.9 Å². The van der Waals surface area contributed by atoms with Crippen LogP contribution in [0.3, 0.4) is 0 Å². The standard InChI is InChI=1S/C24H19F3N4O3S/c1-34-16-10-11-19-20(12-16)31-23(30-19)35-13-21(32)28-17-4-2-3-5-18(17)29-22(33)14-6-8-15(9-7-14)24(25,26)27/h2-12H,13H2,1H3,(H,28,32)(H,29,33)(H,30,31). The van der Waals surface area contributed by atoms with Crippen molar-refractivity contribution in [3.63, 3.8) is 0 Å². The molecule has 3 N–H and O–H groups in total. The Bertz CT molecular complexity index is 1370. The predicted molar refractivity (Wildman–Crippen MR) is 128 cm³/mol. The molecule has 1 heterocycles. The van der Waals surface area contributed by atoms with Gasteiger partial charge in [-0.05, 0) is 48.5 Å². The third-order valence-electron chi connectivity index (χ3n) is 4.93. The van der Waals surface area contributed by atoms with Crippen molar-refractivity contribution < 1.29 is 27.5 Å². The van der Waals surface area contributed by atoms with E-state index in [0.717, 1.165) is 35.3 Å². The lowest BCUT2D eigenvalue weighted by Gasteiger charge is -2.12. The fourth-order valence-electron chi connectivity index (χ4n) is 3.19. The van der Waals surface area contributed by atoms with Crippen LogP contribution in [0.2, 0.25) is 0 Å². The number of nitrogens with one attached hydrogen (secondary N) is 3. The zero-order valence-electron chi connectivity index (χ0n) is 18.3. The first-order valence-electron chi connectivity index (χ1n) is 10.3. The van der Waals surface area contributed by atoms with E-state index in [1.165, 1.54) is 11.8 Å². The number of carbonyl (C=O) groups is 2. The minimum absolute atomic E-state index is 0.0520. The molecule has 0 unspecified atom stereocenters. The van der Waals surface area contributed by atoms with Crippen LogP contribution in [0.15, 0.2) is 71.9 Å². The fourth-order valence-corrected chi connectivity index (χ4v) is 3.87. The zero-order chi connectivity index (χ0) is 25.0. The molecular weight excluding hydrogens is 481 g/mol. The summed E-state index contributed by atoms with van der Waals surface area (Å²) in [7, 11) is 1.57. The maximum Gasteiger partial charge on any atom is 0.416 e. The average molecular weight is 501 g/mol. The Morgan fingerprint density at radius 3 is 2.34 bits per heavy atom. The summed E-state index contributed by atoms with van der Waals surface area (Å²) in [5.41, 5.74) is 1.40. The van der Waals surface area contributed by atoms with Gasteiger partial charge in [0.1, 0.15) is 5.75 Å². The first-order valence-corrected chi connectivity index (χ1v) is 11.3. The highest BCUT2D eigenvalue weighted by molar-refractivity contribution is 7.99. The topological polar surface area (TPSA) is 96.1 Å². The number of alkyl halides is 3. The normalized spacial score (nSPS) is 11.3. The van der Waals surface area contributed by atoms with E-state index in [1.807, 2.05) is 12.1 Å². The molecule has 0 saturated carbocycles. The Balaban J connectivity index is 1.39. The highest BCUT2D eigenvalue weighted by Crippen LogP contribution is 2.29. The number of ether oxygens (including phenoxy) is 1. The molecule has 0 spiro atoms. The highest BCUT2D eigenvalue weighted by Gasteiger charge is 2.30. The second kappa shape index (κ2) is 10.1. The predicted octanol–water partition coefficient (Wildman–Crippen LogP) is 5.57. The van der Waals surface area contributed by atoms with Gasteiger partial charge in [0, 0.05) is 11.6 Å². The molecule has 0 atom stereocenters. The largest absolute Gasteiger partial charge is 0.497 e. The van der Waals surface area contributed by atoms with Crippen molar-refractivity contribution in [1.29, 1.82) is 0 Å². The van der Waals surface area contributed by atoms with Gasteiger partial charge < -0.3 is 20.4 Å². The number of amides is 2. The number of aromatic nitrogens is 2. The lowest BCUT2D eigenvalue weighted by molar-refractivity contribution is -0.137. The van der Waals surface area contributed by atoms with Crippen molar-refractivity contribution in [3.05, 3.63) is 77.9 Å². The summed E-state index contributed by atoms with van der Waals surface area (Å²) in [5, 5.41) is 5.92. The molecule has 7 nitrogen and oxygen atoms in total. The van der Waals surface area contributed by atoms with Gasteiger partial charge in [0.25, 0.3) is 5.91 Å². The fraction of sp³-hybridized carbons (Fsp3) is 0.125. The van der Waals surface area contributed by atoms with Crippen LogP contribution in [0, 0.1) is 0 Å². The van der Waals surface area contributed by atoms with Crippen molar-refractivity contribution >= 4 is 46.0 Å². The number of halogens is 3. The Morgan fingerprint density at radius 1 is 1.00 bits per heavy atom. The number of H-pyrrole nitrogens is 1. The Labute approximate surface area is 202 Å². The Kier molecular flexibility index (Phi) is 6.97. The van der Waals surface area contributed by atoms with Gasteiger partial charge in [0.05, 0.1) is 40.8 Å². The molecule has 0 aliphatic rings. The SMILES string of the molecule is COc1ccc2nc(SCC(=O)Nc3ccccc3NC(=O)c3ccc(C(F)(F)F)cc3)[nH]c2c1. The van der Waals surface area contributed by atoms with E-state index in [4.69, 9.17) is 4.74 Å². The number of anilines is 2. The van der Waals surface area contributed by atoms with Crippen LogP contribution in [-0.2, 0) is 11.0 Å². The molecule has 2 amide bonds. The van der Waals surface area contributed by atoms with Crippen molar-refractivity contribution in [1.82, 2.24) is 9.97 Å². The minimum Gasteiger partial charge on any atom is -0.497 e. The van der Waals surface area contributed by atoms with Crippen molar-refractivity contribution in [2.75, 3.05) is 23.5 Å². The van der Waals surface area contributed by atoms with Gasteiger partial charge in [-0.15, -0.1) is 0 Å². The summed E-state index contributed by atoms with van der Waals surface area (Å²) < 4.78 is 43.4. The quantitative estimate of drug-likeness (QED) is 0.288. The molecule has 35 heavy (non-hydrogen) atoms. The molecular formula is C24H19F3N4O3S. The number of benzene rings is 3. The third kappa shape index (κ3) is 5.93. The summed E-state index contributed by atoms with van der Waals surface area (Å²) >= 11 is 1.21. The molecule has 4 aromatic rings. The molecule has 11 heteroatoms. The van der Waals surface area contributed by atoms with Gasteiger partial charge in [0.2, 0.25) is 5.91 Å². The number of hydrogen-bond acceptors (Lipinski definition) is 5. The van der Waals surface area contributed by atoms with Crippen LogP contribution in [0.5, 0.6) is 5.75 Å². The van der Waals surface area contributed by atoms with E-state index >= 15 is 0 Å². The molecule has 1 aromatic heterocycles. The summed E-state index contributed by atoms with van der Waals surface area (Å²) in [6.45, 7) is 0. The second-order valence-corrected chi connectivity index (χ2v) is 8.30. The average Bonchev–Trinajstić information content (AvgIpc) is 3.25. The van der Waals surface area contributed by atoms with Gasteiger partial charge in [0.15, 0.2) is 5.16 Å². The van der Waals surface area contributed by atoms with Gasteiger partial charge in [-0.2, -0.15) is 13.2 Å². The van der Waals surface area contributed by atoms with E-state index in [0.29, 0.717) is 22.3 Å². The first-order chi connectivity index (χ1) is 16.7.